The van der Waals surface area contributed by atoms with Crippen LogP contribution in [0.3, 0.4) is 0 Å². The zero-order valence-electron chi connectivity index (χ0n) is 16.0. The Morgan fingerprint density at radius 3 is 2.72 bits per heavy atom. The van der Waals surface area contributed by atoms with Gasteiger partial charge in [0, 0.05) is 23.4 Å². The molecule has 1 amide bonds. The highest BCUT2D eigenvalue weighted by Crippen LogP contribution is 2.18. The molecule has 29 heavy (non-hydrogen) atoms. The van der Waals surface area contributed by atoms with E-state index in [1.807, 2.05) is 36.6 Å². The summed E-state index contributed by atoms with van der Waals surface area (Å²) in [7, 11) is -3.33. The van der Waals surface area contributed by atoms with E-state index >= 15 is 0 Å². The van der Waals surface area contributed by atoms with Gasteiger partial charge in [-0.25, -0.2) is 13.4 Å². The van der Waals surface area contributed by atoms with Crippen molar-refractivity contribution in [2.75, 3.05) is 11.6 Å². The van der Waals surface area contributed by atoms with Gasteiger partial charge < -0.3 is 10.1 Å². The van der Waals surface area contributed by atoms with Gasteiger partial charge in [-0.1, -0.05) is 18.2 Å². The van der Waals surface area contributed by atoms with E-state index in [0.29, 0.717) is 18.0 Å². The van der Waals surface area contributed by atoms with Crippen LogP contribution in [0.1, 0.15) is 16.3 Å². The van der Waals surface area contributed by atoms with Gasteiger partial charge in [0.1, 0.15) is 12.4 Å². The van der Waals surface area contributed by atoms with Crippen molar-refractivity contribution in [3.63, 3.8) is 0 Å². The fourth-order valence-electron chi connectivity index (χ4n) is 2.50. The first-order chi connectivity index (χ1) is 13.8. The Balaban J connectivity index is 1.61. The summed E-state index contributed by atoms with van der Waals surface area (Å²) in [5.41, 5.74) is 2.10. The molecule has 1 aromatic heterocycles. The van der Waals surface area contributed by atoms with Gasteiger partial charge in [0.05, 0.1) is 15.6 Å². The van der Waals surface area contributed by atoms with E-state index < -0.39 is 9.84 Å². The molecule has 0 fully saturated rings. The first-order valence-corrected chi connectivity index (χ1v) is 11.5. The van der Waals surface area contributed by atoms with Gasteiger partial charge in [-0.05, 0) is 48.9 Å². The van der Waals surface area contributed by atoms with E-state index in [4.69, 9.17) is 4.74 Å². The molecule has 0 unspecified atom stereocenters. The van der Waals surface area contributed by atoms with Crippen LogP contribution in [0.25, 0.3) is 6.08 Å². The van der Waals surface area contributed by atoms with E-state index in [0.717, 1.165) is 22.5 Å². The molecule has 3 aromatic rings. The van der Waals surface area contributed by atoms with Crippen LogP contribution in [0.4, 0.5) is 5.69 Å². The molecule has 0 spiro atoms. The molecule has 3 rings (SSSR count). The molecule has 150 valence electrons. The van der Waals surface area contributed by atoms with Crippen molar-refractivity contribution in [2.24, 2.45) is 0 Å². The Bertz CT molecular complexity index is 1150. The molecule has 6 nitrogen and oxygen atoms in total. The predicted molar refractivity (Wildman–Crippen MR) is 115 cm³/mol. The van der Waals surface area contributed by atoms with Crippen molar-refractivity contribution < 1.29 is 17.9 Å². The number of hydrogen-bond donors (Lipinski definition) is 1. The van der Waals surface area contributed by atoms with Gasteiger partial charge in [0.2, 0.25) is 5.91 Å². The van der Waals surface area contributed by atoms with Crippen LogP contribution in [-0.2, 0) is 21.2 Å². The van der Waals surface area contributed by atoms with Crippen molar-refractivity contribution in [3.8, 4) is 5.75 Å². The molecule has 1 heterocycles. The number of rotatable bonds is 7. The zero-order chi connectivity index (χ0) is 20.9. The molecule has 1 N–H and O–H groups in total. The number of carbonyl (C=O) groups excluding carboxylic acids is 1. The number of amides is 1. The highest BCUT2D eigenvalue weighted by molar-refractivity contribution is 7.90. The van der Waals surface area contributed by atoms with Crippen LogP contribution < -0.4 is 10.1 Å². The van der Waals surface area contributed by atoms with Crippen molar-refractivity contribution >= 4 is 38.8 Å². The SMILES string of the molecule is Cc1nc(COc2cccc(/C=C/C(=O)Nc3cccc(S(C)(=O)=O)c3)c2)cs1. The Morgan fingerprint density at radius 1 is 1.21 bits per heavy atom. The molecule has 0 atom stereocenters. The smallest absolute Gasteiger partial charge is 0.248 e. The fraction of sp³-hybridized carbons (Fsp3) is 0.143. The minimum absolute atomic E-state index is 0.152. The summed E-state index contributed by atoms with van der Waals surface area (Å²) >= 11 is 1.58. The third-order valence-corrected chi connectivity index (χ3v) is 5.80. The maximum absolute atomic E-state index is 12.2. The van der Waals surface area contributed by atoms with Gasteiger partial charge in [0.15, 0.2) is 9.84 Å². The van der Waals surface area contributed by atoms with Crippen molar-refractivity contribution in [1.29, 1.82) is 0 Å². The fourth-order valence-corrected chi connectivity index (χ4v) is 3.76. The number of sulfone groups is 1. The number of nitrogens with zero attached hydrogens (tertiary/aromatic N) is 1. The minimum Gasteiger partial charge on any atom is -0.487 e. The first kappa shape index (κ1) is 20.8. The van der Waals surface area contributed by atoms with Crippen LogP contribution in [0, 0.1) is 6.92 Å². The number of hydrogen-bond acceptors (Lipinski definition) is 6. The highest BCUT2D eigenvalue weighted by Gasteiger charge is 2.08. The van der Waals surface area contributed by atoms with E-state index in [1.165, 1.54) is 18.2 Å². The third-order valence-electron chi connectivity index (χ3n) is 3.87. The lowest BCUT2D eigenvalue weighted by molar-refractivity contribution is -0.111. The minimum atomic E-state index is -3.33. The second-order valence-corrected chi connectivity index (χ2v) is 9.42. The second-order valence-electron chi connectivity index (χ2n) is 6.34. The molecule has 0 saturated carbocycles. The molecule has 0 bridgehead atoms. The van der Waals surface area contributed by atoms with Gasteiger partial charge in [0.25, 0.3) is 0 Å². The molecule has 2 aromatic carbocycles. The van der Waals surface area contributed by atoms with E-state index in [1.54, 1.807) is 29.5 Å². The maximum Gasteiger partial charge on any atom is 0.248 e. The lowest BCUT2D eigenvalue weighted by Crippen LogP contribution is -2.08. The van der Waals surface area contributed by atoms with Gasteiger partial charge in [-0.2, -0.15) is 0 Å². The number of ether oxygens (including phenoxy) is 1. The number of thiazole rings is 1. The number of aryl methyl sites for hydroxylation is 1. The predicted octanol–water partition coefficient (Wildman–Crippen LogP) is 4.09. The Morgan fingerprint density at radius 2 is 2.00 bits per heavy atom. The van der Waals surface area contributed by atoms with E-state index in [-0.39, 0.29) is 10.8 Å². The summed E-state index contributed by atoms with van der Waals surface area (Å²) in [5, 5.41) is 5.61. The summed E-state index contributed by atoms with van der Waals surface area (Å²) in [5.74, 6) is 0.319. The Labute approximate surface area is 173 Å². The lowest BCUT2D eigenvalue weighted by atomic mass is 10.2. The highest BCUT2D eigenvalue weighted by atomic mass is 32.2. The van der Waals surface area contributed by atoms with Crippen LogP contribution >= 0.6 is 11.3 Å². The number of benzene rings is 2. The van der Waals surface area contributed by atoms with Gasteiger partial charge >= 0.3 is 0 Å². The Kier molecular flexibility index (Phi) is 6.46. The van der Waals surface area contributed by atoms with Crippen LogP contribution in [-0.4, -0.2) is 25.6 Å². The van der Waals surface area contributed by atoms with Crippen molar-refractivity contribution in [2.45, 2.75) is 18.4 Å². The van der Waals surface area contributed by atoms with Gasteiger partial charge in [-0.15, -0.1) is 11.3 Å². The molecule has 0 aliphatic heterocycles. The van der Waals surface area contributed by atoms with Crippen molar-refractivity contribution in [3.05, 3.63) is 76.3 Å². The zero-order valence-corrected chi connectivity index (χ0v) is 17.6. The van der Waals surface area contributed by atoms with Crippen LogP contribution in [0.15, 0.2) is 64.9 Å². The van der Waals surface area contributed by atoms with Crippen LogP contribution in [0.5, 0.6) is 5.75 Å². The molecule has 0 radical (unpaired) electrons. The second kappa shape index (κ2) is 9.02. The molecule has 0 saturated heterocycles. The van der Waals surface area contributed by atoms with Crippen LogP contribution in [0.2, 0.25) is 0 Å². The van der Waals surface area contributed by atoms with E-state index in [2.05, 4.69) is 10.3 Å². The lowest BCUT2D eigenvalue weighted by Gasteiger charge is -2.06. The monoisotopic (exact) mass is 428 g/mol. The molecular weight excluding hydrogens is 408 g/mol. The molecule has 0 aliphatic carbocycles. The molecular formula is C21H20N2O4S2. The summed E-state index contributed by atoms with van der Waals surface area (Å²) in [6, 6.07) is 13.5. The summed E-state index contributed by atoms with van der Waals surface area (Å²) in [4.78, 5) is 16.7. The number of nitrogens with one attached hydrogen (secondary N) is 1. The quantitative estimate of drug-likeness (QED) is 0.573. The number of anilines is 1. The van der Waals surface area contributed by atoms with Crippen molar-refractivity contribution in [1.82, 2.24) is 4.98 Å². The number of carbonyl (C=O) groups is 1. The molecule has 8 heteroatoms. The topological polar surface area (TPSA) is 85.4 Å². The number of aromatic nitrogens is 1. The largest absolute Gasteiger partial charge is 0.487 e. The molecule has 0 aliphatic rings. The third kappa shape index (κ3) is 6.27. The van der Waals surface area contributed by atoms with E-state index in [9.17, 15) is 13.2 Å². The summed E-state index contributed by atoms with van der Waals surface area (Å²) in [6.07, 6.45) is 4.17. The average molecular weight is 429 g/mol. The average Bonchev–Trinajstić information content (AvgIpc) is 3.10. The van der Waals surface area contributed by atoms with Gasteiger partial charge in [-0.3, -0.25) is 4.79 Å². The normalized spacial score (nSPS) is 11.5. The summed E-state index contributed by atoms with van der Waals surface area (Å²) in [6.45, 7) is 2.33. The standard InChI is InChI=1S/C21H20N2O4S2/c1-15-22-18(14-28-15)13-27-19-7-3-5-16(11-19)9-10-21(24)23-17-6-4-8-20(12-17)29(2,25)26/h3-12,14H,13H2,1-2H3,(H,23,24)/b10-9+. The Hall–Kier alpha value is -2.97. The first-order valence-electron chi connectivity index (χ1n) is 8.73. The summed E-state index contributed by atoms with van der Waals surface area (Å²) < 4.78 is 29.0. The maximum atomic E-state index is 12.2.